The molecule has 3 aromatic rings. The van der Waals surface area contributed by atoms with Gasteiger partial charge in [0.2, 0.25) is 0 Å². The fraction of sp³-hybridized carbons (Fsp3) is 0.167. The highest BCUT2D eigenvalue weighted by atomic mass is 35.5. The molecular weight excluding hydrogens is 432 g/mol. The molecule has 0 aromatic heterocycles. The highest BCUT2D eigenvalue weighted by Crippen LogP contribution is 2.29. The van der Waals surface area contributed by atoms with Gasteiger partial charge in [-0.1, -0.05) is 29.8 Å². The lowest BCUT2D eigenvalue weighted by Gasteiger charge is -2.12. The smallest absolute Gasteiger partial charge is 0.275 e. The summed E-state index contributed by atoms with van der Waals surface area (Å²) in [5.41, 5.74) is 4.42. The lowest BCUT2D eigenvalue weighted by Crippen LogP contribution is -2.18. The zero-order valence-corrected chi connectivity index (χ0v) is 18.7. The Labute approximate surface area is 191 Å². The van der Waals surface area contributed by atoms with Gasteiger partial charge in [-0.3, -0.25) is 4.79 Å². The predicted octanol–water partition coefficient (Wildman–Crippen LogP) is 4.71. The van der Waals surface area contributed by atoms with Gasteiger partial charge in [0.05, 0.1) is 33.1 Å². The van der Waals surface area contributed by atoms with E-state index in [2.05, 4.69) is 10.5 Å². The van der Waals surface area contributed by atoms with E-state index in [4.69, 9.17) is 30.5 Å². The molecule has 0 aliphatic carbocycles. The summed E-state index contributed by atoms with van der Waals surface area (Å²) < 4.78 is 21.7. The molecule has 1 N–H and O–H groups in total. The second-order valence-corrected chi connectivity index (χ2v) is 6.96. The number of hydrogen-bond donors (Lipinski definition) is 1. The van der Waals surface area contributed by atoms with Crippen LogP contribution in [0.4, 0.5) is 0 Å². The van der Waals surface area contributed by atoms with Gasteiger partial charge in [-0.15, -0.1) is 0 Å². The molecule has 3 aromatic carbocycles. The summed E-state index contributed by atoms with van der Waals surface area (Å²) in [6.07, 6.45) is 1.51. The first-order chi connectivity index (χ1) is 15.5. The summed E-state index contributed by atoms with van der Waals surface area (Å²) in [6, 6.07) is 17.7. The van der Waals surface area contributed by atoms with E-state index >= 15 is 0 Å². The van der Waals surface area contributed by atoms with Crippen LogP contribution in [-0.2, 0) is 6.61 Å². The van der Waals surface area contributed by atoms with Gasteiger partial charge in [0, 0.05) is 16.7 Å². The average Bonchev–Trinajstić information content (AvgIpc) is 2.83. The largest absolute Gasteiger partial charge is 0.497 e. The van der Waals surface area contributed by atoms with Gasteiger partial charge in [0.25, 0.3) is 5.91 Å². The monoisotopic (exact) mass is 454 g/mol. The van der Waals surface area contributed by atoms with Gasteiger partial charge in [0.1, 0.15) is 18.1 Å². The Kier molecular flexibility index (Phi) is 7.94. The first-order valence-corrected chi connectivity index (χ1v) is 10.0. The first-order valence-electron chi connectivity index (χ1n) is 9.65. The van der Waals surface area contributed by atoms with Crippen molar-refractivity contribution in [2.45, 2.75) is 6.61 Å². The Morgan fingerprint density at radius 2 is 1.72 bits per heavy atom. The third kappa shape index (κ3) is 5.70. The van der Waals surface area contributed by atoms with Crippen molar-refractivity contribution in [1.29, 1.82) is 0 Å². The quantitative estimate of drug-likeness (QED) is 0.374. The van der Waals surface area contributed by atoms with Crippen LogP contribution in [0.2, 0.25) is 5.02 Å². The van der Waals surface area contributed by atoms with Crippen molar-refractivity contribution in [3.8, 4) is 23.0 Å². The number of nitrogens with one attached hydrogen (secondary N) is 1. The van der Waals surface area contributed by atoms with E-state index in [1.165, 1.54) is 13.3 Å². The number of carbonyl (C=O) groups is 1. The van der Waals surface area contributed by atoms with Crippen LogP contribution in [0.25, 0.3) is 0 Å². The minimum atomic E-state index is -0.410. The van der Waals surface area contributed by atoms with Crippen LogP contribution in [0.15, 0.2) is 65.8 Å². The number of methoxy groups -OCH3 is 3. The van der Waals surface area contributed by atoms with Crippen molar-refractivity contribution in [1.82, 2.24) is 5.43 Å². The summed E-state index contributed by atoms with van der Waals surface area (Å²) in [7, 11) is 4.58. The molecule has 8 heteroatoms. The maximum absolute atomic E-state index is 12.4. The normalized spacial score (nSPS) is 10.6. The standard InChI is InChI=1S/C24H23ClN2O5/c1-29-18-9-10-19(22(13-18)30-2)24(28)27-26-14-16-8-11-21(23(12-16)31-3)32-15-17-6-4-5-7-20(17)25/h4-14H,15H2,1-3H3,(H,27,28). The minimum absolute atomic E-state index is 0.309. The zero-order chi connectivity index (χ0) is 22.9. The Morgan fingerprint density at radius 3 is 2.44 bits per heavy atom. The van der Waals surface area contributed by atoms with Crippen LogP contribution < -0.4 is 24.4 Å². The van der Waals surface area contributed by atoms with Crippen LogP contribution in [0.3, 0.4) is 0 Å². The van der Waals surface area contributed by atoms with Gasteiger partial charge < -0.3 is 18.9 Å². The number of hydrogen-bond acceptors (Lipinski definition) is 6. The molecule has 0 heterocycles. The van der Waals surface area contributed by atoms with Crippen LogP contribution in [0.1, 0.15) is 21.5 Å². The van der Waals surface area contributed by atoms with E-state index in [0.717, 1.165) is 5.56 Å². The maximum Gasteiger partial charge on any atom is 0.275 e. The second-order valence-electron chi connectivity index (χ2n) is 6.56. The number of amides is 1. The molecule has 3 rings (SSSR count). The SMILES string of the molecule is COc1ccc(C(=O)NN=Cc2ccc(OCc3ccccc3Cl)c(OC)c2)c(OC)c1. The van der Waals surface area contributed by atoms with E-state index in [1.54, 1.807) is 50.6 Å². The van der Waals surface area contributed by atoms with E-state index in [1.807, 2.05) is 24.3 Å². The van der Waals surface area contributed by atoms with E-state index in [-0.39, 0.29) is 0 Å². The summed E-state index contributed by atoms with van der Waals surface area (Å²) in [5, 5.41) is 4.66. The molecule has 0 atom stereocenters. The van der Waals surface area contributed by atoms with Crippen LogP contribution in [-0.4, -0.2) is 33.5 Å². The number of nitrogens with zero attached hydrogens (tertiary/aromatic N) is 1. The highest BCUT2D eigenvalue weighted by Gasteiger charge is 2.13. The molecule has 0 aliphatic rings. The van der Waals surface area contributed by atoms with Gasteiger partial charge in [0.15, 0.2) is 11.5 Å². The van der Waals surface area contributed by atoms with Gasteiger partial charge in [-0.2, -0.15) is 5.10 Å². The molecule has 0 bridgehead atoms. The van der Waals surface area contributed by atoms with Crippen LogP contribution in [0, 0.1) is 0 Å². The number of rotatable bonds is 9. The van der Waals surface area contributed by atoms with Crippen molar-refractivity contribution < 1.29 is 23.7 Å². The summed E-state index contributed by atoms with van der Waals surface area (Å²) >= 11 is 6.17. The number of hydrazone groups is 1. The van der Waals surface area contributed by atoms with Crippen molar-refractivity contribution >= 4 is 23.7 Å². The second kappa shape index (κ2) is 11.1. The third-order valence-corrected chi connectivity index (χ3v) is 4.93. The van der Waals surface area contributed by atoms with Crippen molar-refractivity contribution in [3.05, 3.63) is 82.4 Å². The number of ether oxygens (including phenoxy) is 4. The number of halogens is 1. The topological polar surface area (TPSA) is 78.4 Å². The van der Waals surface area contributed by atoms with E-state index < -0.39 is 5.91 Å². The molecule has 1 amide bonds. The fourth-order valence-corrected chi connectivity index (χ4v) is 3.06. The van der Waals surface area contributed by atoms with Gasteiger partial charge >= 0.3 is 0 Å². The Morgan fingerprint density at radius 1 is 0.938 bits per heavy atom. The van der Waals surface area contributed by atoms with E-state index in [0.29, 0.717) is 45.8 Å². The zero-order valence-electron chi connectivity index (χ0n) is 17.9. The van der Waals surface area contributed by atoms with Crippen molar-refractivity contribution in [2.24, 2.45) is 5.10 Å². The first kappa shape index (κ1) is 23.0. The number of carbonyl (C=O) groups excluding carboxylic acids is 1. The summed E-state index contributed by atoms with van der Waals surface area (Å²) in [6.45, 7) is 0.309. The van der Waals surface area contributed by atoms with Gasteiger partial charge in [-0.25, -0.2) is 5.43 Å². The van der Waals surface area contributed by atoms with Gasteiger partial charge in [-0.05, 0) is 42.0 Å². The molecule has 0 radical (unpaired) electrons. The molecule has 7 nitrogen and oxygen atoms in total. The lowest BCUT2D eigenvalue weighted by atomic mass is 10.2. The van der Waals surface area contributed by atoms with Crippen LogP contribution >= 0.6 is 11.6 Å². The molecule has 0 spiro atoms. The fourth-order valence-electron chi connectivity index (χ4n) is 2.87. The third-order valence-electron chi connectivity index (χ3n) is 4.56. The molecule has 0 fully saturated rings. The number of benzene rings is 3. The predicted molar refractivity (Wildman–Crippen MR) is 123 cm³/mol. The highest BCUT2D eigenvalue weighted by molar-refractivity contribution is 6.31. The summed E-state index contributed by atoms with van der Waals surface area (Å²) in [4.78, 5) is 12.4. The minimum Gasteiger partial charge on any atom is -0.497 e. The molecule has 0 saturated carbocycles. The van der Waals surface area contributed by atoms with Crippen molar-refractivity contribution in [3.63, 3.8) is 0 Å². The molecule has 0 saturated heterocycles. The molecule has 0 unspecified atom stereocenters. The maximum atomic E-state index is 12.4. The molecular formula is C24H23ClN2O5. The molecule has 0 aliphatic heterocycles. The average molecular weight is 455 g/mol. The van der Waals surface area contributed by atoms with Crippen molar-refractivity contribution in [2.75, 3.05) is 21.3 Å². The Hall–Kier alpha value is -3.71. The Bertz CT molecular complexity index is 1120. The lowest BCUT2D eigenvalue weighted by molar-refractivity contribution is 0.0952. The molecule has 166 valence electrons. The molecule has 32 heavy (non-hydrogen) atoms. The Balaban J connectivity index is 1.66. The van der Waals surface area contributed by atoms with E-state index in [9.17, 15) is 4.79 Å². The van der Waals surface area contributed by atoms with Crippen LogP contribution in [0.5, 0.6) is 23.0 Å². The summed E-state index contributed by atoms with van der Waals surface area (Å²) in [5.74, 6) is 1.66.